The zero-order valence-electron chi connectivity index (χ0n) is 8.77. The quantitative estimate of drug-likeness (QED) is 0.466. The third-order valence-corrected chi connectivity index (χ3v) is 2.36. The Morgan fingerprint density at radius 3 is 2.76 bits per heavy atom. The number of nitro groups is 1. The lowest BCUT2D eigenvalue weighted by molar-refractivity contribution is -0.385. The molecule has 17 heavy (non-hydrogen) atoms. The van der Waals surface area contributed by atoms with Gasteiger partial charge in [0, 0.05) is 11.6 Å². The predicted octanol–water partition coefficient (Wildman–Crippen LogP) is 1.84. The van der Waals surface area contributed by atoms with E-state index in [1.807, 2.05) is 0 Å². The minimum atomic E-state index is -0.671. The van der Waals surface area contributed by atoms with Crippen LogP contribution in [-0.4, -0.2) is 18.0 Å². The third-order valence-electron chi connectivity index (χ3n) is 2.05. The lowest BCUT2D eigenvalue weighted by Gasteiger charge is -2.03. The molecule has 0 heterocycles. The van der Waals surface area contributed by atoms with Crippen LogP contribution in [0.15, 0.2) is 12.1 Å². The number of hydrogen-bond acceptors (Lipinski definition) is 5. The fourth-order valence-electron chi connectivity index (χ4n) is 1.23. The number of esters is 1. The second kappa shape index (κ2) is 5.27. The van der Waals surface area contributed by atoms with Gasteiger partial charge < -0.3 is 4.74 Å². The molecule has 0 atom stereocenters. The zero-order valence-corrected chi connectivity index (χ0v) is 9.52. The predicted molar refractivity (Wildman–Crippen MR) is 58.5 cm³/mol. The van der Waals surface area contributed by atoms with Crippen LogP contribution in [0.3, 0.4) is 0 Å². The number of nitriles is 1. The number of benzene rings is 1. The van der Waals surface area contributed by atoms with E-state index in [1.54, 1.807) is 6.07 Å². The van der Waals surface area contributed by atoms with Crippen molar-refractivity contribution in [1.82, 2.24) is 0 Å². The Morgan fingerprint density at radius 1 is 1.65 bits per heavy atom. The first-order valence-electron chi connectivity index (χ1n) is 4.43. The first-order valence-corrected chi connectivity index (χ1v) is 4.81. The van der Waals surface area contributed by atoms with Crippen LogP contribution in [0.2, 0.25) is 5.02 Å². The molecule has 0 spiro atoms. The van der Waals surface area contributed by atoms with Crippen LogP contribution >= 0.6 is 11.6 Å². The third kappa shape index (κ3) is 2.92. The summed E-state index contributed by atoms with van der Waals surface area (Å²) in [6, 6.07) is 4.01. The van der Waals surface area contributed by atoms with Crippen molar-refractivity contribution < 1.29 is 14.5 Å². The van der Waals surface area contributed by atoms with E-state index in [0.717, 1.165) is 6.07 Å². The summed E-state index contributed by atoms with van der Waals surface area (Å²) in [6.07, 6.45) is -0.266. The van der Waals surface area contributed by atoms with E-state index in [2.05, 4.69) is 4.74 Å². The molecule has 0 aromatic heterocycles. The molecule has 1 aromatic rings. The summed E-state index contributed by atoms with van der Waals surface area (Å²) < 4.78 is 4.42. The molecule has 0 aliphatic carbocycles. The van der Waals surface area contributed by atoms with E-state index in [0.29, 0.717) is 0 Å². The van der Waals surface area contributed by atoms with E-state index in [4.69, 9.17) is 16.9 Å². The van der Waals surface area contributed by atoms with Gasteiger partial charge in [-0.05, 0) is 6.07 Å². The second-order valence-electron chi connectivity index (χ2n) is 3.08. The number of carbonyl (C=O) groups is 1. The van der Waals surface area contributed by atoms with Crippen LogP contribution in [0.4, 0.5) is 5.69 Å². The number of nitro benzene ring substituents is 1. The van der Waals surface area contributed by atoms with E-state index >= 15 is 0 Å². The molecule has 0 amide bonds. The van der Waals surface area contributed by atoms with Crippen molar-refractivity contribution in [2.75, 3.05) is 7.11 Å². The molecule has 0 saturated carbocycles. The molecule has 0 radical (unpaired) electrons. The molecule has 1 aromatic carbocycles. The van der Waals surface area contributed by atoms with Gasteiger partial charge >= 0.3 is 5.97 Å². The normalized spacial score (nSPS) is 9.47. The van der Waals surface area contributed by atoms with Gasteiger partial charge in [0.25, 0.3) is 5.69 Å². The van der Waals surface area contributed by atoms with Crippen molar-refractivity contribution in [3.8, 4) is 6.07 Å². The molecule has 1 rings (SSSR count). The van der Waals surface area contributed by atoms with Crippen LogP contribution in [0.1, 0.15) is 11.1 Å². The Balaban J connectivity index is 3.29. The molecule has 0 aliphatic rings. The number of carbonyl (C=O) groups excluding carboxylic acids is 1. The van der Waals surface area contributed by atoms with Crippen molar-refractivity contribution in [2.45, 2.75) is 6.42 Å². The first kappa shape index (κ1) is 12.9. The van der Waals surface area contributed by atoms with Crippen LogP contribution in [-0.2, 0) is 16.0 Å². The van der Waals surface area contributed by atoms with Gasteiger partial charge in [0.2, 0.25) is 0 Å². The van der Waals surface area contributed by atoms with Gasteiger partial charge in [-0.3, -0.25) is 14.9 Å². The van der Waals surface area contributed by atoms with Gasteiger partial charge in [-0.1, -0.05) is 11.6 Å². The number of ether oxygens (including phenoxy) is 1. The average Bonchev–Trinajstić information content (AvgIpc) is 2.28. The van der Waals surface area contributed by atoms with Crippen LogP contribution in [0.5, 0.6) is 0 Å². The minimum Gasteiger partial charge on any atom is -0.469 e. The number of methoxy groups -OCH3 is 1. The average molecular weight is 255 g/mol. The monoisotopic (exact) mass is 254 g/mol. The van der Waals surface area contributed by atoms with Crippen LogP contribution in [0, 0.1) is 21.4 Å². The summed E-state index contributed by atoms with van der Waals surface area (Å²) in [5, 5.41) is 19.5. The van der Waals surface area contributed by atoms with Gasteiger partial charge in [0.05, 0.1) is 29.0 Å². The summed E-state index contributed by atoms with van der Waals surface area (Å²) in [7, 11) is 1.18. The maximum absolute atomic E-state index is 11.1. The Hall–Kier alpha value is -2.13. The molecule has 0 fully saturated rings. The van der Waals surface area contributed by atoms with Crippen LogP contribution in [0.25, 0.3) is 0 Å². The van der Waals surface area contributed by atoms with E-state index in [9.17, 15) is 14.9 Å². The highest BCUT2D eigenvalue weighted by atomic mass is 35.5. The summed E-state index contributed by atoms with van der Waals surface area (Å²) in [4.78, 5) is 21.2. The maximum atomic E-state index is 11.1. The van der Waals surface area contributed by atoms with Gasteiger partial charge in [0.1, 0.15) is 6.07 Å². The molecule has 0 bridgehead atoms. The van der Waals surface area contributed by atoms with E-state index in [1.165, 1.54) is 13.2 Å². The molecule has 0 saturated heterocycles. The van der Waals surface area contributed by atoms with E-state index < -0.39 is 10.9 Å². The second-order valence-corrected chi connectivity index (χ2v) is 3.49. The molecule has 6 nitrogen and oxygen atoms in total. The molecule has 0 N–H and O–H groups in total. The molecular weight excluding hydrogens is 248 g/mol. The Morgan fingerprint density at radius 2 is 2.29 bits per heavy atom. The number of nitrogens with zero attached hydrogens (tertiary/aromatic N) is 2. The summed E-state index contributed by atoms with van der Waals surface area (Å²) in [6.45, 7) is 0. The zero-order chi connectivity index (χ0) is 13.0. The molecule has 7 heteroatoms. The number of halogens is 1. The van der Waals surface area contributed by atoms with Crippen molar-refractivity contribution in [3.05, 3.63) is 38.4 Å². The largest absolute Gasteiger partial charge is 0.469 e. The van der Waals surface area contributed by atoms with Gasteiger partial charge in [-0.2, -0.15) is 5.26 Å². The minimum absolute atomic E-state index is 0.00742. The summed E-state index contributed by atoms with van der Waals surface area (Å²) in [5.41, 5.74) is -0.214. The van der Waals surface area contributed by atoms with Crippen molar-refractivity contribution in [3.63, 3.8) is 0 Å². The fraction of sp³-hybridized carbons (Fsp3) is 0.200. The van der Waals surface area contributed by atoms with Crippen molar-refractivity contribution in [2.24, 2.45) is 0 Å². The SMILES string of the molecule is COC(=O)Cc1cc(Cl)c(C#N)cc1[N+](=O)[O-]. The molecule has 0 aliphatic heterocycles. The van der Waals surface area contributed by atoms with Crippen molar-refractivity contribution >= 4 is 23.3 Å². The lowest BCUT2D eigenvalue weighted by atomic mass is 10.1. The van der Waals surface area contributed by atoms with Gasteiger partial charge in [0.15, 0.2) is 0 Å². The lowest BCUT2D eigenvalue weighted by Crippen LogP contribution is -2.07. The van der Waals surface area contributed by atoms with Crippen molar-refractivity contribution in [1.29, 1.82) is 5.26 Å². The Labute approximate surface area is 102 Å². The number of rotatable bonds is 3. The molecular formula is C10H7ClN2O4. The number of hydrogen-bond donors (Lipinski definition) is 0. The van der Waals surface area contributed by atoms with Crippen LogP contribution < -0.4 is 0 Å². The summed E-state index contributed by atoms with van der Waals surface area (Å²) in [5.74, 6) is -0.617. The maximum Gasteiger partial charge on any atom is 0.310 e. The highest BCUT2D eigenvalue weighted by Crippen LogP contribution is 2.27. The summed E-state index contributed by atoms with van der Waals surface area (Å²) >= 11 is 5.74. The first-order chi connectivity index (χ1) is 7.99. The Bertz CT molecular complexity index is 522. The highest BCUT2D eigenvalue weighted by Gasteiger charge is 2.19. The molecule has 0 unspecified atom stereocenters. The van der Waals surface area contributed by atoms with Gasteiger partial charge in [-0.25, -0.2) is 0 Å². The highest BCUT2D eigenvalue weighted by molar-refractivity contribution is 6.31. The fourth-order valence-corrected chi connectivity index (χ4v) is 1.46. The topological polar surface area (TPSA) is 93.2 Å². The van der Waals surface area contributed by atoms with Gasteiger partial charge in [-0.15, -0.1) is 0 Å². The van der Waals surface area contributed by atoms with E-state index in [-0.39, 0.29) is 28.3 Å². The standard InChI is InChI=1S/C10H7ClN2O4/c1-17-10(14)4-6-2-8(11)7(5-12)3-9(6)13(15)16/h2-3H,4H2,1H3. The Kier molecular flexibility index (Phi) is 4.01. The molecule has 88 valence electrons. The smallest absolute Gasteiger partial charge is 0.310 e.